The molecule has 0 bridgehead atoms. The minimum atomic E-state index is -1.28. The number of amides is 2. The predicted octanol–water partition coefficient (Wildman–Crippen LogP) is 2.65. The number of ether oxygens (including phenoxy) is 3. The number of benzene rings is 1. The fourth-order valence-electron chi connectivity index (χ4n) is 2.70. The van der Waals surface area contributed by atoms with Gasteiger partial charge in [-0.05, 0) is 0 Å². The Balaban J connectivity index is 2.34. The number of nitrogens with zero attached hydrogens (tertiary/aromatic N) is 2. The van der Waals surface area contributed by atoms with Crippen molar-refractivity contribution >= 4 is 35.0 Å². The number of hydrazine groups is 1. The summed E-state index contributed by atoms with van der Waals surface area (Å²) in [5.74, 6) is -0.803. The minimum absolute atomic E-state index is 0.103. The first-order valence-corrected chi connectivity index (χ1v) is 9.78. The van der Waals surface area contributed by atoms with Gasteiger partial charge in [0.15, 0.2) is 6.04 Å². The van der Waals surface area contributed by atoms with Gasteiger partial charge >= 0.3 is 18.2 Å². The molecule has 1 aromatic carbocycles. The molecule has 0 aromatic heterocycles. The second-order valence-electron chi connectivity index (χ2n) is 5.94. The Kier molecular flexibility index (Phi) is 8.48. The summed E-state index contributed by atoms with van der Waals surface area (Å²) < 4.78 is 14.9. The fourth-order valence-corrected chi connectivity index (χ4v) is 3.81. The largest absolute Gasteiger partial charge is 0.467 e. The van der Waals surface area contributed by atoms with E-state index < -0.39 is 29.4 Å². The molecule has 0 radical (unpaired) electrons. The van der Waals surface area contributed by atoms with Crippen molar-refractivity contribution in [3.05, 3.63) is 61.2 Å². The van der Waals surface area contributed by atoms with E-state index in [1.165, 1.54) is 12.2 Å². The third-order valence-corrected chi connectivity index (χ3v) is 5.15. The highest BCUT2D eigenvalue weighted by Crippen LogP contribution is 2.32. The number of hydrogen-bond acceptors (Lipinski definition) is 8. The maximum absolute atomic E-state index is 12.7. The average molecular weight is 434 g/mol. The number of rotatable bonds is 7. The summed E-state index contributed by atoms with van der Waals surface area (Å²) in [5.41, 5.74) is 0.416. The molecule has 1 fully saturated rings. The summed E-state index contributed by atoms with van der Waals surface area (Å²) in [7, 11) is 1.15. The third kappa shape index (κ3) is 5.41. The molecule has 0 aliphatic carbocycles. The zero-order valence-corrected chi connectivity index (χ0v) is 17.2. The number of hydrogen-bond donors (Lipinski definition) is 0. The van der Waals surface area contributed by atoms with Crippen molar-refractivity contribution in [1.29, 1.82) is 0 Å². The highest BCUT2D eigenvalue weighted by Gasteiger charge is 2.52. The molecule has 1 heterocycles. The Labute approximate surface area is 178 Å². The highest BCUT2D eigenvalue weighted by molar-refractivity contribution is 8.14. The maximum atomic E-state index is 12.7. The van der Waals surface area contributed by atoms with Crippen molar-refractivity contribution in [2.24, 2.45) is 0 Å². The van der Waals surface area contributed by atoms with E-state index in [1.54, 1.807) is 30.3 Å². The summed E-state index contributed by atoms with van der Waals surface area (Å²) in [6.07, 6.45) is 0.829. The van der Waals surface area contributed by atoms with Crippen LogP contribution in [-0.2, 0) is 19.0 Å². The van der Waals surface area contributed by atoms with Crippen LogP contribution in [0.15, 0.2) is 55.6 Å². The third-order valence-electron chi connectivity index (χ3n) is 3.99. The molecule has 30 heavy (non-hydrogen) atoms. The zero-order valence-electron chi connectivity index (χ0n) is 16.4. The zero-order chi connectivity index (χ0) is 22.1. The van der Waals surface area contributed by atoms with Crippen molar-refractivity contribution in [3.8, 4) is 0 Å². The van der Waals surface area contributed by atoms with Crippen LogP contribution in [0.4, 0.5) is 9.59 Å². The van der Waals surface area contributed by atoms with Crippen LogP contribution in [0.3, 0.4) is 0 Å². The van der Waals surface area contributed by atoms with E-state index in [9.17, 15) is 19.2 Å². The Morgan fingerprint density at radius 3 is 2.23 bits per heavy atom. The van der Waals surface area contributed by atoms with Crippen LogP contribution in [0.2, 0.25) is 0 Å². The molecule has 1 saturated heterocycles. The summed E-state index contributed by atoms with van der Waals surface area (Å²) in [4.78, 5) is 50.3. The van der Waals surface area contributed by atoms with Crippen molar-refractivity contribution < 1.29 is 33.4 Å². The molecule has 9 nitrogen and oxygen atoms in total. The van der Waals surface area contributed by atoms with Gasteiger partial charge < -0.3 is 14.2 Å². The summed E-state index contributed by atoms with van der Waals surface area (Å²) in [6, 6.07) is 7.16. The Bertz CT molecular complexity index is 815. The molecule has 1 aliphatic rings. The van der Waals surface area contributed by atoms with Gasteiger partial charge in [-0.25, -0.2) is 19.4 Å². The van der Waals surface area contributed by atoms with Crippen LogP contribution >= 0.6 is 11.8 Å². The van der Waals surface area contributed by atoms with Gasteiger partial charge in [0.1, 0.15) is 13.2 Å². The van der Waals surface area contributed by atoms with Gasteiger partial charge in [0.2, 0.25) is 5.12 Å². The van der Waals surface area contributed by atoms with Crippen molar-refractivity contribution in [3.63, 3.8) is 0 Å². The van der Waals surface area contributed by atoms with Crippen molar-refractivity contribution in [2.45, 2.75) is 11.3 Å². The molecule has 0 N–H and O–H groups in total. The van der Waals surface area contributed by atoms with Crippen LogP contribution in [0.5, 0.6) is 0 Å². The molecule has 2 unspecified atom stereocenters. The number of methoxy groups -OCH3 is 1. The van der Waals surface area contributed by atoms with E-state index >= 15 is 0 Å². The number of thioether (sulfide) groups is 1. The monoisotopic (exact) mass is 434 g/mol. The predicted molar refractivity (Wildman–Crippen MR) is 110 cm³/mol. The van der Waals surface area contributed by atoms with E-state index in [4.69, 9.17) is 14.2 Å². The summed E-state index contributed by atoms with van der Waals surface area (Å²) >= 11 is 0.823. The van der Waals surface area contributed by atoms with Crippen LogP contribution in [-0.4, -0.2) is 71.4 Å². The Morgan fingerprint density at radius 2 is 1.67 bits per heavy atom. The lowest BCUT2D eigenvalue weighted by atomic mass is 10.2. The number of carbonyl (C=O) groups is 4. The van der Waals surface area contributed by atoms with Gasteiger partial charge in [0.25, 0.3) is 0 Å². The smallest absolute Gasteiger partial charge is 0.430 e. The van der Waals surface area contributed by atoms with Gasteiger partial charge in [0, 0.05) is 5.56 Å². The Morgan fingerprint density at radius 1 is 1.07 bits per heavy atom. The highest BCUT2D eigenvalue weighted by atomic mass is 32.2. The van der Waals surface area contributed by atoms with E-state index in [-0.39, 0.29) is 24.9 Å². The van der Waals surface area contributed by atoms with E-state index in [0.29, 0.717) is 5.56 Å². The molecular formula is C20H22N2O7S. The van der Waals surface area contributed by atoms with E-state index in [2.05, 4.69) is 13.2 Å². The molecule has 2 amide bonds. The normalized spacial score (nSPS) is 17.8. The molecule has 1 aromatic rings. The van der Waals surface area contributed by atoms with E-state index in [1.807, 2.05) is 0 Å². The standard InChI is InChI=1S/C20H22N2O7S/c1-4-11-28-19(25)21-13-15(30-18(24)14-9-7-6-8-10-14)16(17(23)27-3)22(21)20(26)29-12-5-2/h4-10,15-16H,1-2,11-13H2,3H3. The van der Waals surface area contributed by atoms with Gasteiger partial charge in [-0.3, -0.25) is 4.79 Å². The molecule has 0 saturated carbocycles. The average Bonchev–Trinajstić information content (AvgIpc) is 3.14. The van der Waals surface area contributed by atoms with Crippen molar-refractivity contribution in [2.75, 3.05) is 26.9 Å². The minimum Gasteiger partial charge on any atom is -0.467 e. The first-order chi connectivity index (χ1) is 14.4. The molecule has 2 rings (SSSR count). The van der Waals surface area contributed by atoms with Crippen LogP contribution in [0.25, 0.3) is 0 Å². The maximum Gasteiger partial charge on any atom is 0.430 e. The second kappa shape index (κ2) is 11.1. The van der Waals surface area contributed by atoms with Gasteiger partial charge in [-0.1, -0.05) is 67.4 Å². The van der Waals surface area contributed by atoms with Gasteiger partial charge in [-0.2, -0.15) is 5.01 Å². The van der Waals surface area contributed by atoms with Crippen LogP contribution in [0, 0.1) is 0 Å². The second-order valence-corrected chi connectivity index (χ2v) is 7.15. The lowest BCUT2D eigenvalue weighted by Crippen LogP contribution is -2.52. The lowest BCUT2D eigenvalue weighted by Gasteiger charge is -2.29. The van der Waals surface area contributed by atoms with Gasteiger partial charge in [-0.15, -0.1) is 0 Å². The number of esters is 1. The fraction of sp³-hybridized carbons (Fsp3) is 0.300. The topological polar surface area (TPSA) is 102 Å². The first-order valence-electron chi connectivity index (χ1n) is 8.90. The summed E-state index contributed by atoms with van der Waals surface area (Å²) in [5, 5.41) is 0.608. The molecule has 160 valence electrons. The number of carbonyl (C=O) groups excluding carboxylic acids is 4. The van der Waals surface area contributed by atoms with E-state index in [0.717, 1.165) is 28.9 Å². The first kappa shape index (κ1) is 23.0. The Hall–Kier alpha value is -3.27. The van der Waals surface area contributed by atoms with Crippen molar-refractivity contribution in [1.82, 2.24) is 10.0 Å². The van der Waals surface area contributed by atoms with Crippen LogP contribution < -0.4 is 0 Å². The van der Waals surface area contributed by atoms with Gasteiger partial charge in [0.05, 0.1) is 18.9 Å². The summed E-state index contributed by atoms with van der Waals surface area (Å²) in [6.45, 7) is 6.53. The molecule has 1 aliphatic heterocycles. The molecule has 2 atom stereocenters. The quantitative estimate of drug-likeness (QED) is 0.367. The lowest BCUT2D eigenvalue weighted by molar-refractivity contribution is -0.148. The molecule has 10 heteroatoms. The SMILES string of the molecule is C=CCOC(=O)N1CC(SC(=O)c2ccccc2)C(C(=O)OC)N1C(=O)OCC=C. The van der Waals surface area contributed by atoms with Crippen LogP contribution in [0.1, 0.15) is 10.4 Å². The molecule has 0 spiro atoms. The molecular weight excluding hydrogens is 412 g/mol.